The van der Waals surface area contributed by atoms with E-state index in [-0.39, 0.29) is 0 Å². The Hall–Kier alpha value is 0.01000. The standard InChI is InChI=1S/C15H27NOS/c1-2-18-15(8-10-17-11-9-15)13-16-12-14-6-4-3-5-7-14/h3-4,14,16H,2,5-13H2,1H3. The lowest BCUT2D eigenvalue weighted by Crippen LogP contribution is -2.44. The molecule has 1 heterocycles. The van der Waals surface area contributed by atoms with E-state index < -0.39 is 0 Å². The van der Waals surface area contributed by atoms with Crippen molar-refractivity contribution in [1.29, 1.82) is 0 Å². The zero-order valence-electron chi connectivity index (χ0n) is 11.6. The van der Waals surface area contributed by atoms with Gasteiger partial charge in [-0.15, -0.1) is 0 Å². The number of rotatable bonds is 6. The third kappa shape index (κ3) is 4.29. The van der Waals surface area contributed by atoms with E-state index in [1.807, 2.05) is 0 Å². The first-order valence-corrected chi connectivity index (χ1v) is 8.41. The van der Waals surface area contributed by atoms with E-state index in [0.717, 1.165) is 25.7 Å². The van der Waals surface area contributed by atoms with E-state index in [2.05, 4.69) is 36.2 Å². The van der Waals surface area contributed by atoms with Gasteiger partial charge in [0.25, 0.3) is 0 Å². The highest BCUT2D eigenvalue weighted by Crippen LogP contribution is 2.34. The highest BCUT2D eigenvalue weighted by molar-refractivity contribution is 8.00. The van der Waals surface area contributed by atoms with Gasteiger partial charge in [0.1, 0.15) is 0 Å². The van der Waals surface area contributed by atoms with Gasteiger partial charge in [-0.25, -0.2) is 0 Å². The molecule has 18 heavy (non-hydrogen) atoms. The molecule has 0 bridgehead atoms. The zero-order valence-corrected chi connectivity index (χ0v) is 12.4. The van der Waals surface area contributed by atoms with Crippen LogP contribution in [0.15, 0.2) is 12.2 Å². The van der Waals surface area contributed by atoms with E-state index in [0.29, 0.717) is 4.75 Å². The van der Waals surface area contributed by atoms with Gasteiger partial charge in [0.2, 0.25) is 0 Å². The molecule has 0 radical (unpaired) electrons. The van der Waals surface area contributed by atoms with Crippen LogP contribution in [-0.2, 0) is 4.74 Å². The molecule has 1 aliphatic carbocycles. The van der Waals surface area contributed by atoms with E-state index >= 15 is 0 Å². The number of allylic oxidation sites excluding steroid dienone is 2. The van der Waals surface area contributed by atoms with E-state index in [1.54, 1.807) is 0 Å². The Morgan fingerprint density at radius 3 is 2.83 bits per heavy atom. The molecule has 0 spiro atoms. The molecule has 1 fully saturated rings. The predicted octanol–water partition coefficient (Wildman–Crippen LogP) is 3.23. The molecule has 0 aromatic heterocycles. The van der Waals surface area contributed by atoms with Crippen LogP contribution in [-0.4, -0.2) is 36.8 Å². The number of hydrogen-bond donors (Lipinski definition) is 1. The van der Waals surface area contributed by atoms with Gasteiger partial charge in [0.15, 0.2) is 0 Å². The summed E-state index contributed by atoms with van der Waals surface area (Å²) in [5, 5.41) is 3.74. The van der Waals surface area contributed by atoms with Gasteiger partial charge in [-0.2, -0.15) is 11.8 Å². The fourth-order valence-corrected chi connectivity index (χ4v) is 4.24. The average molecular weight is 269 g/mol. The van der Waals surface area contributed by atoms with Crippen molar-refractivity contribution in [2.45, 2.75) is 43.8 Å². The topological polar surface area (TPSA) is 21.3 Å². The third-order valence-electron chi connectivity index (χ3n) is 4.11. The first-order chi connectivity index (χ1) is 8.85. The molecular weight excluding hydrogens is 242 g/mol. The highest BCUT2D eigenvalue weighted by atomic mass is 32.2. The van der Waals surface area contributed by atoms with Gasteiger partial charge in [0.05, 0.1) is 0 Å². The molecule has 1 saturated heterocycles. The van der Waals surface area contributed by atoms with Crippen LogP contribution in [0.4, 0.5) is 0 Å². The van der Waals surface area contributed by atoms with Crippen molar-refractivity contribution in [3.8, 4) is 0 Å². The molecule has 1 N–H and O–H groups in total. The zero-order chi connectivity index (χ0) is 12.7. The summed E-state index contributed by atoms with van der Waals surface area (Å²) in [4.78, 5) is 0. The van der Waals surface area contributed by atoms with E-state index in [4.69, 9.17) is 4.74 Å². The molecule has 2 rings (SSSR count). The maximum absolute atomic E-state index is 5.52. The molecule has 0 aromatic rings. The van der Waals surface area contributed by atoms with E-state index in [9.17, 15) is 0 Å². The van der Waals surface area contributed by atoms with Crippen LogP contribution < -0.4 is 5.32 Å². The van der Waals surface area contributed by atoms with Crippen LogP contribution in [0.25, 0.3) is 0 Å². The number of thioether (sulfide) groups is 1. The minimum atomic E-state index is 0.442. The Balaban J connectivity index is 1.73. The molecule has 104 valence electrons. The second-order valence-electron chi connectivity index (χ2n) is 5.51. The number of nitrogens with one attached hydrogen (secondary N) is 1. The normalized spacial score (nSPS) is 27.3. The van der Waals surface area contributed by atoms with Gasteiger partial charge < -0.3 is 10.1 Å². The Bertz CT molecular complexity index is 256. The van der Waals surface area contributed by atoms with E-state index in [1.165, 1.54) is 44.4 Å². The van der Waals surface area contributed by atoms with Gasteiger partial charge in [0, 0.05) is 24.5 Å². The van der Waals surface area contributed by atoms with Crippen LogP contribution in [0.2, 0.25) is 0 Å². The third-order valence-corrected chi connectivity index (χ3v) is 5.57. The first kappa shape index (κ1) is 14.4. The van der Waals surface area contributed by atoms with Crippen LogP contribution >= 0.6 is 11.8 Å². The second kappa shape index (κ2) is 7.56. The average Bonchev–Trinajstić information content (AvgIpc) is 2.41. The van der Waals surface area contributed by atoms with Crippen LogP contribution in [0, 0.1) is 5.92 Å². The number of ether oxygens (including phenoxy) is 1. The molecule has 0 saturated carbocycles. The van der Waals surface area contributed by atoms with Crippen molar-refractivity contribution in [2.24, 2.45) is 5.92 Å². The maximum Gasteiger partial charge on any atom is 0.0479 e. The van der Waals surface area contributed by atoms with Crippen LogP contribution in [0.1, 0.15) is 39.0 Å². The molecular formula is C15H27NOS. The summed E-state index contributed by atoms with van der Waals surface area (Å²) >= 11 is 2.13. The lowest BCUT2D eigenvalue weighted by molar-refractivity contribution is 0.0769. The van der Waals surface area contributed by atoms with Gasteiger partial charge in [-0.3, -0.25) is 0 Å². The lowest BCUT2D eigenvalue weighted by Gasteiger charge is -2.37. The maximum atomic E-state index is 5.52. The van der Waals surface area contributed by atoms with Crippen LogP contribution in [0.5, 0.6) is 0 Å². The summed E-state index contributed by atoms with van der Waals surface area (Å²) in [7, 11) is 0. The van der Waals surface area contributed by atoms with Crippen LogP contribution in [0.3, 0.4) is 0 Å². The minimum absolute atomic E-state index is 0.442. The monoisotopic (exact) mass is 269 g/mol. The Morgan fingerprint density at radius 2 is 2.17 bits per heavy atom. The molecule has 0 aromatic carbocycles. The predicted molar refractivity (Wildman–Crippen MR) is 80.3 cm³/mol. The Morgan fingerprint density at radius 1 is 1.33 bits per heavy atom. The highest BCUT2D eigenvalue weighted by Gasteiger charge is 2.32. The summed E-state index contributed by atoms with van der Waals surface area (Å²) in [6.07, 6.45) is 11.0. The molecule has 2 nitrogen and oxygen atoms in total. The second-order valence-corrected chi connectivity index (χ2v) is 7.24. The molecule has 3 heteroatoms. The first-order valence-electron chi connectivity index (χ1n) is 7.42. The SMILES string of the molecule is CCSC1(CNCC2CC=CCC2)CCOCC1. The Labute approximate surface area is 116 Å². The molecule has 1 aliphatic heterocycles. The summed E-state index contributed by atoms with van der Waals surface area (Å²) in [5.74, 6) is 2.08. The molecule has 0 amide bonds. The fourth-order valence-electron chi connectivity index (χ4n) is 2.97. The minimum Gasteiger partial charge on any atom is -0.381 e. The van der Waals surface area contributed by atoms with Crippen molar-refractivity contribution >= 4 is 11.8 Å². The fraction of sp³-hybridized carbons (Fsp3) is 0.867. The molecule has 2 aliphatic rings. The quantitative estimate of drug-likeness (QED) is 0.748. The van der Waals surface area contributed by atoms with Gasteiger partial charge in [-0.05, 0) is 50.3 Å². The molecule has 1 atom stereocenters. The van der Waals surface area contributed by atoms with Crippen molar-refractivity contribution in [2.75, 3.05) is 32.1 Å². The summed E-state index contributed by atoms with van der Waals surface area (Å²) in [6, 6.07) is 0. The molecule has 1 unspecified atom stereocenters. The summed E-state index contributed by atoms with van der Waals surface area (Å²) in [5.41, 5.74) is 0. The van der Waals surface area contributed by atoms with Crippen molar-refractivity contribution in [3.63, 3.8) is 0 Å². The van der Waals surface area contributed by atoms with Gasteiger partial charge in [-0.1, -0.05) is 19.1 Å². The largest absolute Gasteiger partial charge is 0.381 e. The smallest absolute Gasteiger partial charge is 0.0479 e. The number of hydrogen-bond acceptors (Lipinski definition) is 3. The van der Waals surface area contributed by atoms with Gasteiger partial charge >= 0.3 is 0 Å². The summed E-state index contributed by atoms with van der Waals surface area (Å²) in [6.45, 7) is 6.52. The summed E-state index contributed by atoms with van der Waals surface area (Å²) < 4.78 is 5.96. The van der Waals surface area contributed by atoms with Crippen molar-refractivity contribution < 1.29 is 4.74 Å². The van der Waals surface area contributed by atoms with Crippen molar-refractivity contribution in [3.05, 3.63) is 12.2 Å². The van der Waals surface area contributed by atoms with Crippen molar-refractivity contribution in [1.82, 2.24) is 5.32 Å². The lowest BCUT2D eigenvalue weighted by atomic mass is 9.93. The Kier molecular flexibility index (Phi) is 6.06.